The van der Waals surface area contributed by atoms with Gasteiger partial charge in [0.2, 0.25) is 0 Å². The van der Waals surface area contributed by atoms with E-state index in [9.17, 15) is 9.59 Å². The monoisotopic (exact) mass is 298 g/mol. The third-order valence-corrected chi connectivity index (χ3v) is 3.41. The van der Waals surface area contributed by atoms with Gasteiger partial charge in [-0.25, -0.2) is 4.79 Å². The topological polar surface area (TPSA) is 73.5 Å². The summed E-state index contributed by atoms with van der Waals surface area (Å²) in [4.78, 5) is 23.8. The minimum Gasteiger partial charge on any atom is -0.495 e. The average Bonchev–Trinajstić information content (AvgIpc) is 2.82. The molecule has 6 heteroatoms. The summed E-state index contributed by atoms with van der Waals surface area (Å²) in [6.45, 7) is 0. The van der Waals surface area contributed by atoms with Crippen molar-refractivity contribution in [2.24, 2.45) is 7.05 Å². The van der Waals surface area contributed by atoms with Crippen molar-refractivity contribution in [3.63, 3.8) is 0 Å². The summed E-state index contributed by atoms with van der Waals surface area (Å²) < 4.78 is 11.7. The van der Waals surface area contributed by atoms with Crippen molar-refractivity contribution in [2.75, 3.05) is 12.4 Å². The fourth-order valence-electron chi connectivity index (χ4n) is 2.22. The number of rotatable bonds is 3. The van der Waals surface area contributed by atoms with Gasteiger partial charge in [0.05, 0.1) is 18.3 Å². The minimum atomic E-state index is -0.461. The van der Waals surface area contributed by atoms with E-state index in [-0.39, 0.29) is 5.91 Å². The first-order valence-electron chi connectivity index (χ1n) is 6.64. The number of ether oxygens (including phenoxy) is 1. The van der Waals surface area contributed by atoms with Gasteiger partial charge in [-0.1, -0.05) is 12.1 Å². The van der Waals surface area contributed by atoms with E-state index in [0.717, 1.165) is 0 Å². The van der Waals surface area contributed by atoms with Gasteiger partial charge >= 0.3 is 5.76 Å². The molecule has 2 aromatic carbocycles. The lowest BCUT2D eigenvalue weighted by molar-refractivity contribution is 0.102. The number of nitrogens with zero attached hydrogens (tertiary/aromatic N) is 1. The molecule has 0 saturated heterocycles. The second-order valence-electron chi connectivity index (χ2n) is 4.76. The van der Waals surface area contributed by atoms with Crippen molar-refractivity contribution in [3.05, 3.63) is 58.6 Å². The summed E-state index contributed by atoms with van der Waals surface area (Å²) in [5.74, 6) is -0.196. The molecular weight excluding hydrogens is 284 g/mol. The van der Waals surface area contributed by atoms with Gasteiger partial charge in [-0.2, -0.15) is 0 Å². The second-order valence-corrected chi connectivity index (χ2v) is 4.76. The molecule has 0 fully saturated rings. The third kappa shape index (κ3) is 2.35. The number of hydrogen-bond acceptors (Lipinski definition) is 4. The van der Waals surface area contributed by atoms with Gasteiger partial charge in [0.25, 0.3) is 5.91 Å². The smallest absolute Gasteiger partial charge is 0.419 e. The average molecular weight is 298 g/mol. The van der Waals surface area contributed by atoms with E-state index >= 15 is 0 Å². The highest BCUT2D eigenvalue weighted by molar-refractivity contribution is 6.06. The number of nitrogens with one attached hydrogen (secondary N) is 1. The van der Waals surface area contributed by atoms with E-state index in [1.807, 2.05) is 6.07 Å². The summed E-state index contributed by atoms with van der Waals surface area (Å²) >= 11 is 0. The molecule has 0 aliphatic carbocycles. The molecular formula is C16H14N2O4. The first kappa shape index (κ1) is 13.9. The van der Waals surface area contributed by atoms with Crippen LogP contribution < -0.4 is 15.8 Å². The molecule has 112 valence electrons. The Balaban J connectivity index is 1.93. The zero-order valence-corrected chi connectivity index (χ0v) is 12.1. The summed E-state index contributed by atoms with van der Waals surface area (Å²) in [5, 5.41) is 2.77. The van der Waals surface area contributed by atoms with Crippen LogP contribution in [0.15, 0.2) is 51.7 Å². The number of carbonyl (C=O) groups is 1. The number of fused-ring (bicyclic) bond motifs is 1. The van der Waals surface area contributed by atoms with Crippen LogP contribution in [-0.4, -0.2) is 17.6 Å². The van der Waals surface area contributed by atoms with E-state index in [1.165, 1.54) is 11.7 Å². The van der Waals surface area contributed by atoms with Crippen molar-refractivity contribution in [1.29, 1.82) is 0 Å². The van der Waals surface area contributed by atoms with Crippen molar-refractivity contribution in [1.82, 2.24) is 4.57 Å². The predicted octanol–water partition coefficient (Wildman–Crippen LogP) is 2.39. The van der Waals surface area contributed by atoms with Crippen LogP contribution >= 0.6 is 0 Å². The fourth-order valence-corrected chi connectivity index (χ4v) is 2.22. The molecule has 0 unspecified atom stereocenters. The molecule has 0 saturated carbocycles. The van der Waals surface area contributed by atoms with Crippen LogP contribution in [0.3, 0.4) is 0 Å². The van der Waals surface area contributed by atoms with Gasteiger partial charge in [0.1, 0.15) is 5.75 Å². The van der Waals surface area contributed by atoms with Crippen LogP contribution in [0.1, 0.15) is 10.4 Å². The maximum Gasteiger partial charge on any atom is 0.419 e. The molecule has 1 amide bonds. The molecule has 3 rings (SSSR count). The lowest BCUT2D eigenvalue weighted by atomic mass is 10.2. The molecule has 0 bridgehead atoms. The van der Waals surface area contributed by atoms with E-state index < -0.39 is 5.76 Å². The van der Waals surface area contributed by atoms with Crippen LogP contribution in [-0.2, 0) is 7.05 Å². The van der Waals surface area contributed by atoms with E-state index in [1.54, 1.807) is 43.4 Å². The number of hydrogen-bond donors (Lipinski definition) is 1. The van der Waals surface area contributed by atoms with Crippen LogP contribution in [0.5, 0.6) is 5.75 Å². The number of carbonyl (C=O) groups excluding carboxylic acids is 1. The summed E-state index contributed by atoms with van der Waals surface area (Å²) in [5.41, 5.74) is 1.98. The lowest BCUT2D eigenvalue weighted by Crippen LogP contribution is -2.12. The largest absolute Gasteiger partial charge is 0.495 e. The molecule has 1 N–H and O–H groups in total. The Kier molecular flexibility index (Phi) is 3.42. The Labute approximate surface area is 125 Å². The number of benzene rings is 2. The molecule has 0 aliphatic rings. The fraction of sp³-hybridized carbons (Fsp3) is 0.125. The van der Waals surface area contributed by atoms with Crippen LogP contribution in [0.25, 0.3) is 11.1 Å². The second kappa shape index (κ2) is 5.40. The molecule has 0 atom stereocenters. The maximum atomic E-state index is 12.3. The standard InChI is InChI=1S/C16H14N2O4/c1-18-12-8-7-10(9-14(12)22-16(18)20)15(19)17-11-5-3-4-6-13(11)21-2/h3-9H,1-2H3,(H,17,19). The predicted molar refractivity (Wildman–Crippen MR) is 82.4 cm³/mol. The van der Waals surface area contributed by atoms with Gasteiger partial charge < -0.3 is 14.5 Å². The molecule has 0 spiro atoms. The molecule has 0 aliphatic heterocycles. The molecule has 1 heterocycles. The Bertz CT molecular complexity index is 908. The molecule has 6 nitrogen and oxygen atoms in total. The van der Waals surface area contributed by atoms with Crippen LogP contribution in [0.4, 0.5) is 5.69 Å². The van der Waals surface area contributed by atoms with Crippen LogP contribution in [0.2, 0.25) is 0 Å². The molecule has 22 heavy (non-hydrogen) atoms. The van der Waals surface area contributed by atoms with Gasteiger partial charge in [0.15, 0.2) is 5.58 Å². The first-order chi connectivity index (χ1) is 10.6. The number of oxazole rings is 1. The summed E-state index contributed by atoms with van der Waals surface area (Å²) in [6, 6.07) is 12.0. The Morgan fingerprint density at radius 1 is 1.23 bits per heavy atom. The highest BCUT2D eigenvalue weighted by Gasteiger charge is 2.12. The number of anilines is 1. The Hall–Kier alpha value is -3.02. The van der Waals surface area contributed by atoms with Gasteiger partial charge in [-0.3, -0.25) is 9.36 Å². The van der Waals surface area contributed by atoms with Gasteiger partial charge in [-0.05, 0) is 30.3 Å². The SMILES string of the molecule is COc1ccccc1NC(=O)c1ccc2c(c1)oc(=O)n2C. The third-order valence-electron chi connectivity index (χ3n) is 3.41. The summed E-state index contributed by atoms with van der Waals surface area (Å²) in [6.07, 6.45) is 0. The van der Waals surface area contributed by atoms with Crippen molar-refractivity contribution >= 4 is 22.7 Å². The first-order valence-corrected chi connectivity index (χ1v) is 6.64. The minimum absolute atomic E-state index is 0.307. The van der Waals surface area contributed by atoms with Crippen molar-refractivity contribution in [3.8, 4) is 5.75 Å². The zero-order chi connectivity index (χ0) is 15.7. The van der Waals surface area contributed by atoms with E-state index in [2.05, 4.69) is 5.32 Å². The number of aryl methyl sites for hydroxylation is 1. The van der Waals surface area contributed by atoms with Crippen LogP contribution in [0, 0.1) is 0 Å². The lowest BCUT2D eigenvalue weighted by Gasteiger charge is -2.09. The number of aromatic nitrogens is 1. The maximum absolute atomic E-state index is 12.3. The molecule has 1 aromatic heterocycles. The Morgan fingerprint density at radius 3 is 2.77 bits per heavy atom. The highest BCUT2D eigenvalue weighted by Crippen LogP contribution is 2.24. The normalized spacial score (nSPS) is 10.6. The summed E-state index contributed by atoms with van der Waals surface area (Å²) in [7, 11) is 3.15. The van der Waals surface area contributed by atoms with E-state index in [0.29, 0.717) is 28.1 Å². The van der Waals surface area contributed by atoms with Crippen molar-refractivity contribution in [2.45, 2.75) is 0 Å². The van der Waals surface area contributed by atoms with E-state index in [4.69, 9.17) is 9.15 Å². The zero-order valence-electron chi connectivity index (χ0n) is 12.1. The number of amides is 1. The highest BCUT2D eigenvalue weighted by atomic mass is 16.5. The number of para-hydroxylation sites is 2. The van der Waals surface area contributed by atoms with Gasteiger partial charge in [-0.15, -0.1) is 0 Å². The molecule has 0 radical (unpaired) electrons. The molecule has 3 aromatic rings. The van der Waals surface area contributed by atoms with Crippen molar-refractivity contribution < 1.29 is 13.9 Å². The quantitative estimate of drug-likeness (QED) is 0.805. The Morgan fingerprint density at radius 2 is 2.00 bits per heavy atom. The number of methoxy groups -OCH3 is 1. The van der Waals surface area contributed by atoms with Gasteiger partial charge in [0, 0.05) is 12.6 Å².